The van der Waals surface area contributed by atoms with Gasteiger partial charge in [0.15, 0.2) is 0 Å². The molecule has 1 rings (SSSR count). The Morgan fingerprint density at radius 2 is 1.88 bits per heavy atom. The second-order valence-corrected chi connectivity index (χ2v) is 4.01. The van der Waals surface area contributed by atoms with Crippen LogP contribution in [-0.4, -0.2) is 35.3 Å². The fourth-order valence-corrected chi connectivity index (χ4v) is 1.72. The number of phenolic OH excluding ortho intramolecular Hbond substituents is 2. The maximum Gasteiger partial charge on any atom is 0.124 e. The molecule has 0 saturated carbocycles. The van der Waals surface area contributed by atoms with Crippen LogP contribution in [-0.2, 0) is 0 Å². The van der Waals surface area contributed by atoms with Crippen LogP contribution in [0.5, 0.6) is 11.5 Å². The molecule has 0 aliphatic heterocycles. The first-order valence-corrected chi connectivity index (χ1v) is 5.49. The van der Waals surface area contributed by atoms with Crippen molar-refractivity contribution in [2.24, 2.45) is 5.73 Å². The van der Waals surface area contributed by atoms with E-state index in [1.165, 1.54) is 0 Å². The summed E-state index contributed by atoms with van der Waals surface area (Å²) in [5.74, 6) is 0.263. The molecule has 0 fully saturated rings. The topological polar surface area (TPSA) is 69.7 Å². The van der Waals surface area contributed by atoms with E-state index in [1.54, 1.807) is 18.2 Å². The van der Waals surface area contributed by atoms with Crippen molar-refractivity contribution in [2.45, 2.75) is 19.4 Å². The lowest BCUT2D eigenvalue weighted by atomic mass is 10.0. The summed E-state index contributed by atoms with van der Waals surface area (Å²) in [5, 5.41) is 19.4. The lowest BCUT2D eigenvalue weighted by Crippen LogP contribution is -2.25. The molecule has 4 nitrogen and oxygen atoms in total. The van der Waals surface area contributed by atoms with Gasteiger partial charge in [-0.3, -0.25) is 4.90 Å². The minimum Gasteiger partial charge on any atom is -0.507 e. The highest BCUT2D eigenvalue weighted by molar-refractivity contribution is 5.44. The largest absolute Gasteiger partial charge is 0.507 e. The molecule has 4 N–H and O–H groups in total. The van der Waals surface area contributed by atoms with Crippen LogP contribution in [0, 0.1) is 0 Å². The summed E-state index contributed by atoms with van der Waals surface area (Å²) in [4.78, 5) is 2.06. The molecule has 4 heteroatoms. The van der Waals surface area contributed by atoms with Gasteiger partial charge >= 0.3 is 0 Å². The lowest BCUT2D eigenvalue weighted by molar-refractivity contribution is 0.249. The highest BCUT2D eigenvalue weighted by Crippen LogP contribution is 2.34. The molecule has 0 radical (unpaired) electrons. The molecule has 1 atom stereocenters. The molecule has 90 valence electrons. The number of hydrogen-bond donors (Lipinski definition) is 3. The van der Waals surface area contributed by atoms with Crippen LogP contribution in [0.1, 0.15) is 24.9 Å². The van der Waals surface area contributed by atoms with Crippen molar-refractivity contribution >= 4 is 0 Å². The summed E-state index contributed by atoms with van der Waals surface area (Å²) in [7, 11) is 1.95. The molecule has 0 spiro atoms. The van der Waals surface area contributed by atoms with Gasteiger partial charge in [0.1, 0.15) is 11.5 Å². The van der Waals surface area contributed by atoms with Crippen molar-refractivity contribution in [3.63, 3.8) is 0 Å². The van der Waals surface area contributed by atoms with E-state index >= 15 is 0 Å². The number of phenols is 2. The van der Waals surface area contributed by atoms with E-state index in [0.29, 0.717) is 12.1 Å². The number of rotatable bonds is 5. The van der Waals surface area contributed by atoms with Gasteiger partial charge in [-0.2, -0.15) is 0 Å². The third-order valence-electron chi connectivity index (χ3n) is 2.85. The van der Waals surface area contributed by atoms with Gasteiger partial charge in [0.25, 0.3) is 0 Å². The van der Waals surface area contributed by atoms with Crippen LogP contribution in [0.4, 0.5) is 0 Å². The molecule has 1 aromatic carbocycles. The quantitative estimate of drug-likeness (QED) is 0.708. The Labute approximate surface area is 96.3 Å². The first kappa shape index (κ1) is 12.8. The van der Waals surface area contributed by atoms with Crippen LogP contribution >= 0.6 is 0 Å². The Morgan fingerprint density at radius 1 is 1.31 bits per heavy atom. The van der Waals surface area contributed by atoms with E-state index in [2.05, 4.69) is 4.90 Å². The number of nitrogens with two attached hydrogens (primary N) is 1. The summed E-state index contributed by atoms with van der Waals surface area (Å²) >= 11 is 0. The smallest absolute Gasteiger partial charge is 0.124 e. The maximum absolute atomic E-state index is 9.72. The Balaban J connectivity index is 2.82. The zero-order chi connectivity index (χ0) is 12.1. The monoisotopic (exact) mass is 224 g/mol. The number of benzene rings is 1. The van der Waals surface area contributed by atoms with Crippen LogP contribution in [0.3, 0.4) is 0 Å². The minimum absolute atomic E-state index is 0.0345. The molecular weight excluding hydrogens is 204 g/mol. The minimum atomic E-state index is -0.0345. The Bertz CT molecular complexity index is 322. The molecule has 0 amide bonds. The van der Waals surface area contributed by atoms with Crippen molar-refractivity contribution in [2.75, 3.05) is 20.1 Å². The Hall–Kier alpha value is -1.26. The van der Waals surface area contributed by atoms with E-state index in [1.807, 2.05) is 14.0 Å². The molecule has 0 aliphatic carbocycles. The van der Waals surface area contributed by atoms with Gasteiger partial charge in [-0.15, -0.1) is 0 Å². The molecule has 16 heavy (non-hydrogen) atoms. The van der Waals surface area contributed by atoms with Gasteiger partial charge in [-0.25, -0.2) is 0 Å². The van der Waals surface area contributed by atoms with E-state index in [4.69, 9.17) is 5.73 Å². The Morgan fingerprint density at radius 3 is 2.38 bits per heavy atom. The first-order chi connectivity index (χ1) is 7.57. The highest BCUT2D eigenvalue weighted by atomic mass is 16.3. The molecule has 0 saturated heterocycles. The first-order valence-electron chi connectivity index (χ1n) is 5.49. The second kappa shape index (κ2) is 5.72. The van der Waals surface area contributed by atoms with Gasteiger partial charge in [0, 0.05) is 6.04 Å². The lowest BCUT2D eigenvalue weighted by Gasteiger charge is -2.25. The summed E-state index contributed by atoms with van der Waals surface area (Å²) < 4.78 is 0. The van der Waals surface area contributed by atoms with Crippen LogP contribution < -0.4 is 5.73 Å². The van der Waals surface area contributed by atoms with Gasteiger partial charge in [-0.05, 0) is 45.6 Å². The third kappa shape index (κ3) is 2.87. The van der Waals surface area contributed by atoms with Crippen molar-refractivity contribution in [1.82, 2.24) is 4.90 Å². The van der Waals surface area contributed by atoms with Gasteiger partial charge in [0.05, 0.1) is 5.56 Å². The SMILES string of the molecule is CC(c1c(O)cccc1O)N(C)CCCN. The Kier molecular flexibility index (Phi) is 4.58. The van der Waals surface area contributed by atoms with Gasteiger partial charge in [0.2, 0.25) is 0 Å². The fraction of sp³-hybridized carbons (Fsp3) is 0.500. The number of nitrogens with zero attached hydrogens (tertiary/aromatic N) is 1. The van der Waals surface area contributed by atoms with Crippen molar-refractivity contribution in [1.29, 1.82) is 0 Å². The summed E-state index contributed by atoms with van der Waals surface area (Å²) in [6.45, 7) is 3.43. The van der Waals surface area contributed by atoms with Crippen molar-refractivity contribution < 1.29 is 10.2 Å². The molecule has 1 aromatic rings. The number of aromatic hydroxyl groups is 2. The van der Waals surface area contributed by atoms with Crippen LogP contribution in [0.15, 0.2) is 18.2 Å². The van der Waals surface area contributed by atoms with E-state index < -0.39 is 0 Å². The predicted molar refractivity (Wildman–Crippen MR) is 64.5 cm³/mol. The summed E-state index contributed by atoms with van der Waals surface area (Å²) in [6, 6.07) is 4.76. The van der Waals surface area contributed by atoms with Gasteiger partial charge in [-0.1, -0.05) is 6.07 Å². The third-order valence-corrected chi connectivity index (χ3v) is 2.85. The fourth-order valence-electron chi connectivity index (χ4n) is 1.72. The molecule has 1 unspecified atom stereocenters. The van der Waals surface area contributed by atoms with Crippen LogP contribution in [0.2, 0.25) is 0 Å². The zero-order valence-electron chi connectivity index (χ0n) is 9.85. The van der Waals surface area contributed by atoms with Crippen molar-refractivity contribution in [3.8, 4) is 11.5 Å². The molecule has 0 heterocycles. The van der Waals surface area contributed by atoms with E-state index in [9.17, 15) is 10.2 Å². The number of hydrogen-bond acceptors (Lipinski definition) is 4. The summed E-state index contributed by atoms with van der Waals surface area (Å²) in [5.41, 5.74) is 6.02. The van der Waals surface area contributed by atoms with Crippen molar-refractivity contribution in [3.05, 3.63) is 23.8 Å². The van der Waals surface area contributed by atoms with Crippen LogP contribution in [0.25, 0.3) is 0 Å². The van der Waals surface area contributed by atoms with E-state index in [0.717, 1.165) is 13.0 Å². The second-order valence-electron chi connectivity index (χ2n) is 4.01. The molecular formula is C12H20N2O2. The maximum atomic E-state index is 9.72. The van der Waals surface area contributed by atoms with Gasteiger partial charge < -0.3 is 15.9 Å². The molecule has 0 aliphatic rings. The predicted octanol–water partition coefficient (Wildman–Crippen LogP) is 1.44. The zero-order valence-corrected chi connectivity index (χ0v) is 9.85. The normalized spacial score (nSPS) is 13.0. The molecule has 0 bridgehead atoms. The summed E-state index contributed by atoms with van der Waals surface area (Å²) in [6.07, 6.45) is 0.898. The van der Waals surface area contributed by atoms with E-state index in [-0.39, 0.29) is 17.5 Å². The average molecular weight is 224 g/mol. The average Bonchev–Trinajstić information content (AvgIpc) is 2.25. The highest BCUT2D eigenvalue weighted by Gasteiger charge is 2.18. The standard InChI is InChI=1S/C12H20N2O2/c1-9(14(2)8-4-7-13)12-10(15)5-3-6-11(12)16/h3,5-6,9,15-16H,4,7-8,13H2,1-2H3. The molecule has 0 aromatic heterocycles.